The number of imidazole rings is 1. The monoisotopic (exact) mass is 546 g/mol. The molecule has 1 amide bonds. The van der Waals surface area contributed by atoms with E-state index < -0.39 is 15.9 Å². The Morgan fingerprint density at radius 2 is 1.69 bits per heavy atom. The lowest BCUT2D eigenvalue weighted by atomic mass is 10.1. The van der Waals surface area contributed by atoms with Gasteiger partial charge in [0.25, 0.3) is 0 Å². The van der Waals surface area contributed by atoms with Crippen molar-refractivity contribution in [1.82, 2.24) is 13.9 Å². The predicted octanol–water partition coefficient (Wildman–Crippen LogP) is 5.45. The van der Waals surface area contributed by atoms with Crippen LogP contribution in [0.15, 0.2) is 83.9 Å². The molecule has 9 heteroatoms. The standard InChI is InChI=1S/C30H34N4O4S/c1-21(2)18-33(39(36,37)27-15-13-26(38-5)14-16-27)20-29(35)32-30-31-28(24-9-7-6-8-10-24)19-34(30)25-12-11-22(3)23(4)17-25/h6-17,19,21H,18,20H2,1-5H3,(H,31,32,35). The maximum atomic E-state index is 13.5. The number of nitrogens with one attached hydrogen (secondary N) is 1. The molecule has 0 aliphatic heterocycles. The molecule has 0 unspecified atom stereocenters. The van der Waals surface area contributed by atoms with Gasteiger partial charge in [0.05, 0.1) is 24.2 Å². The van der Waals surface area contributed by atoms with Crippen LogP contribution in [0.25, 0.3) is 16.9 Å². The fourth-order valence-corrected chi connectivity index (χ4v) is 5.72. The Bertz CT molecular complexity index is 1550. The van der Waals surface area contributed by atoms with Gasteiger partial charge in [-0.1, -0.05) is 50.2 Å². The highest BCUT2D eigenvalue weighted by molar-refractivity contribution is 7.89. The summed E-state index contributed by atoms with van der Waals surface area (Å²) in [5, 5.41) is 2.87. The van der Waals surface area contributed by atoms with E-state index >= 15 is 0 Å². The number of amides is 1. The first-order valence-corrected chi connectivity index (χ1v) is 14.2. The minimum atomic E-state index is -3.93. The van der Waals surface area contributed by atoms with Gasteiger partial charge in [-0.2, -0.15) is 4.31 Å². The molecule has 0 saturated heterocycles. The minimum absolute atomic E-state index is 0.00743. The number of ether oxygens (including phenoxy) is 1. The Morgan fingerprint density at radius 1 is 1.00 bits per heavy atom. The molecule has 0 spiro atoms. The van der Waals surface area contributed by atoms with Crippen LogP contribution in [0, 0.1) is 19.8 Å². The van der Waals surface area contributed by atoms with Crippen LogP contribution >= 0.6 is 0 Å². The van der Waals surface area contributed by atoms with Gasteiger partial charge in [0.15, 0.2) is 0 Å². The maximum absolute atomic E-state index is 13.5. The number of hydrogen-bond acceptors (Lipinski definition) is 5. The molecule has 0 aliphatic carbocycles. The quantitative estimate of drug-likeness (QED) is 0.286. The number of rotatable bonds is 10. The first-order valence-electron chi connectivity index (χ1n) is 12.7. The number of nitrogens with zero attached hydrogens (tertiary/aromatic N) is 3. The van der Waals surface area contributed by atoms with E-state index in [1.807, 2.05) is 87.0 Å². The van der Waals surface area contributed by atoms with Crippen LogP contribution in [0.3, 0.4) is 0 Å². The van der Waals surface area contributed by atoms with E-state index in [-0.39, 0.29) is 23.9 Å². The average Bonchev–Trinajstić information content (AvgIpc) is 3.33. The molecule has 1 heterocycles. The molecule has 4 rings (SSSR count). The zero-order valence-electron chi connectivity index (χ0n) is 22.9. The zero-order valence-corrected chi connectivity index (χ0v) is 23.7. The number of carbonyl (C=O) groups excluding carboxylic acids is 1. The smallest absolute Gasteiger partial charge is 0.243 e. The Morgan fingerprint density at radius 3 is 2.31 bits per heavy atom. The molecule has 1 aromatic heterocycles. The number of benzene rings is 3. The van der Waals surface area contributed by atoms with Crippen molar-refractivity contribution in [3.63, 3.8) is 0 Å². The summed E-state index contributed by atoms with van der Waals surface area (Å²) < 4.78 is 35.1. The second kappa shape index (κ2) is 11.8. The van der Waals surface area contributed by atoms with Gasteiger partial charge in [-0.15, -0.1) is 0 Å². The third kappa shape index (κ3) is 6.55. The van der Waals surface area contributed by atoms with Gasteiger partial charge in [0.2, 0.25) is 21.9 Å². The van der Waals surface area contributed by atoms with E-state index in [1.54, 1.807) is 12.1 Å². The lowest BCUT2D eigenvalue weighted by molar-refractivity contribution is -0.116. The molecule has 0 bridgehead atoms. The SMILES string of the molecule is COc1ccc(S(=O)(=O)N(CC(=O)Nc2nc(-c3ccccc3)cn2-c2ccc(C)c(C)c2)CC(C)C)cc1. The van der Waals surface area contributed by atoms with Crippen LogP contribution in [0.5, 0.6) is 5.75 Å². The molecule has 0 atom stereocenters. The van der Waals surface area contributed by atoms with E-state index in [1.165, 1.54) is 23.5 Å². The third-order valence-electron chi connectivity index (χ3n) is 6.38. The highest BCUT2D eigenvalue weighted by Crippen LogP contribution is 2.26. The molecule has 4 aromatic rings. The van der Waals surface area contributed by atoms with Crippen LogP contribution in [0.4, 0.5) is 5.95 Å². The number of sulfonamides is 1. The summed E-state index contributed by atoms with van der Waals surface area (Å²) in [6.45, 7) is 7.72. The van der Waals surface area contributed by atoms with Crippen molar-refractivity contribution < 1.29 is 17.9 Å². The second-order valence-corrected chi connectivity index (χ2v) is 11.8. The van der Waals surface area contributed by atoms with E-state index in [9.17, 15) is 13.2 Å². The Hall–Kier alpha value is -3.95. The van der Waals surface area contributed by atoms with Gasteiger partial charge in [0, 0.05) is 24.0 Å². The van der Waals surface area contributed by atoms with Crippen LogP contribution in [0.2, 0.25) is 0 Å². The number of methoxy groups -OCH3 is 1. The van der Waals surface area contributed by atoms with E-state index in [2.05, 4.69) is 5.32 Å². The third-order valence-corrected chi connectivity index (χ3v) is 8.21. The lowest BCUT2D eigenvalue weighted by Crippen LogP contribution is -2.40. The van der Waals surface area contributed by atoms with E-state index in [4.69, 9.17) is 9.72 Å². The highest BCUT2D eigenvalue weighted by atomic mass is 32.2. The molecular formula is C30H34N4O4S. The molecule has 0 fully saturated rings. The first kappa shape index (κ1) is 28.1. The Balaban J connectivity index is 1.65. The van der Waals surface area contributed by atoms with E-state index in [0.29, 0.717) is 17.4 Å². The van der Waals surface area contributed by atoms with Gasteiger partial charge in [-0.25, -0.2) is 13.4 Å². The highest BCUT2D eigenvalue weighted by Gasteiger charge is 2.28. The molecule has 1 N–H and O–H groups in total. The van der Waals surface area contributed by atoms with Crippen LogP contribution in [0.1, 0.15) is 25.0 Å². The van der Waals surface area contributed by atoms with Crippen molar-refractivity contribution >= 4 is 21.9 Å². The fourth-order valence-electron chi connectivity index (χ4n) is 4.16. The van der Waals surface area contributed by atoms with E-state index in [0.717, 1.165) is 22.4 Å². The van der Waals surface area contributed by atoms with Gasteiger partial charge in [-0.05, 0) is 67.3 Å². The molecule has 204 valence electrons. The normalized spacial score (nSPS) is 11.7. The van der Waals surface area contributed by atoms with Crippen molar-refractivity contribution in [2.24, 2.45) is 5.92 Å². The summed E-state index contributed by atoms with van der Waals surface area (Å²) in [5.41, 5.74) is 4.69. The summed E-state index contributed by atoms with van der Waals surface area (Å²) in [7, 11) is -2.41. The Kier molecular flexibility index (Phi) is 8.52. The molecule has 8 nitrogen and oxygen atoms in total. The number of aromatic nitrogens is 2. The molecule has 0 saturated carbocycles. The molecule has 0 aliphatic rings. The first-order chi connectivity index (χ1) is 18.6. The van der Waals surface area contributed by atoms with Gasteiger partial charge >= 0.3 is 0 Å². The zero-order chi connectivity index (χ0) is 28.2. The van der Waals surface area contributed by atoms with Crippen molar-refractivity contribution in [2.75, 3.05) is 25.5 Å². The topological polar surface area (TPSA) is 93.5 Å². The van der Waals surface area contributed by atoms with Gasteiger partial charge in [0.1, 0.15) is 5.75 Å². The van der Waals surface area contributed by atoms with Crippen molar-refractivity contribution in [3.05, 3.63) is 90.1 Å². The largest absolute Gasteiger partial charge is 0.497 e. The molecule has 3 aromatic carbocycles. The lowest BCUT2D eigenvalue weighted by Gasteiger charge is -2.23. The van der Waals surface area contributed by atoms with Crippen LogP contribution in [-0.2, 0) is 14.8 Å². The number of hydrogen-bond donors (Lipinski definition) is 1. The number of carbonyl (C=O) groups is 1. The second-order valence-electron chi connectivity index (χ2n) is 9.87. The number of anilines is 1. The van der Waals surface area contributed by atoms with Crippen molar-refractivity contribution in [2.45, 2.75) is 32.6 Å². The molecule has 39 heavy (non-hydrogen) atoms. The maximum Gasteiger partial charge on any atom is 0.243 e. The van der Waals surface area contributed by atoms with Crippen LogP contribution < -0.4 is 10.1 Å². The molecular weight excluding hydrogens is 512 g/mol. The van der Waals surface area contributed by atoms with Crippen molar-refractivity contribution in [1.29, 1.82) is 0 Å². The minimum Gasteiger partial charge on any atom is -0.497 e. The summed E-state index contributed by atoms with van der Waals surface area (Å²) in [4.78, 5) is 18.1. The summed E-state index contributed by atoms with van der Waals surface area (Å²) in [6, 6.07) is 21.8. The summed E-state index contributed by atoms with van der Waals surface area (Å²) in [5.74, 6) is 0.388. The van der Waals surface area contributed by atoms with Crippen LogP contribution in [-0.4, -0.2) is 48.4 Å². The Labute approximate surface area is 230 Å². The average molecular weight is 547 g/mol. The number of aryl methyl sites for hydroxylation is 2. The van der Waals surface area contributed by atoms with Gasteiger partial charge < -0.3 is 4.74 Å². The van der Waals surface area contributed by atoms with Gasteiger partial charge in [-0.3, -0.25) is 14.7 Å². The summed E-state index contributed by atoms with van der Waals surface area (Å²) in [6.07, 6.45) is 1.87. The van der Waals surface area contributed by atoms with Crippen molar-refractivity contribution in [3.8, 4) is 22.7 Å². The molecule has 0 radical (unpaired) electrons. The summed E-state index contributed by atoms with van der Waals surface area (Å²) >= 11 is 0. The fraction of sp³-hybridized carbons (Fsp3) is 0.267. The predicted molar refractivity (Wildman–Crippen MR) is 154 cm³/mol.